The van der Waals surface area contributed by atoms with Crippen molar-refractivity contribution in [1.82, 2.24) is 10.3 Å². The van der Waals surface area contributed by atoms with Crippen LogP contribution in [0.2, 0.25) is 0 Å². The van der Waals surface area contributed by atoms with Gasteiger partial charge in [0.05, 0.1) is 12.3 Å². The summed E-state index contributed by atoms with van der Waals surface area (Å²) >= 11 is 0. The van der Waals surface area contributed by atoms with Gasteiger partial charge in [-0.05, 0) is 6.92 Å². The molecule has 0 heterocycles. The van der Waals surface area contributed by atoms with E-state index >= 15 is 0 Å². The third-order valence-corrected chi connectivity index (χ3v) is 1.21. The summed E-state index contributed by atoms with van der Waals surface area (Å²) in [6.45, 7) is 1.66. The van der Waals surface area contributed by atoms with Gasteiger partial charge in [0.1, 0.15) is 0 Å². The molecule has 10 heavy (non-hydrogen) atoms. The molecule has 0 fully saturated rings. The molecule has 0 aliphatic carbocycles. The van der Waals surface area contributed by atoms with Gasteiger partial charge < -0.3 is 5.41 Å². The molecule has 60 valence electrons. The first-order chi connectivity index (χ1) is 4.45. The van der Waals surface area contributed by atoms with Crippen LogP contribution >= 0.6 is 0 Å². The van der Waals surface area contributed by atoms with Crippen molar-refractivity contribution in [3.63, 3.8) is 0 Å². The Labute approximate surface area is 60.4 Å². The fourth-order valence-electron chi connectivity index (χ4n) is 0.242. The Balaban J connectivity index is 3.66. The normalized spacial score (nSPS) is 14.6. The Bertz CT molecular complexity index is 199. The highest BCUT2D eigenvalue weighted by atomic mass is 32.2. The Hall–Kier alpha value is -0.460. The Morgan fingerprint density at radius 3 is 2.40 bits per heavy atom. The van der Waals surface area contributed by atoms with Crippen LogP contribution in [0.25, 0.3) is 0 Å². The minimum absolute atomic E-state index is 0.283. The largest absolute Gasteiger partial charge is 0.311 e. The van der Waals surface area contributed by atoms with Gasteiger partial charge in [0.2, 0.25) is 10.0 Å². The monoisotopic (exact) mass is 165 g/mol. The second-order valence-corrected chi connectivity index (χ2v) is 3.72. The van der Waals surface area contributed by atoms with E-state index in [0.717, 1.165) is 12.5 Å². The van der Waals surface area contributed by atoms with Crippen molar-refractivity contribution in [3.05, 3.63) is 0 Å². The fourth-order valence-corrected chi connectivity index (χ4v) is 0.642. The molecule has 6 heteroatoms. The van der Waals surface area contributed by atoms with Crippen molar-refractivity contribution in [1.29, 1.82) is 5.41 Å². The van der Waals surface area contributed by atoms with Crippen LogP contribution in [0, 0.1) is 5.41 Å². The van der Waals surface area contributed by atoms with Gasteiger partial charge >= 0.3 is 0 Å². The van der Waals surface area contributed by atoms with Gasteiger partial charge in [0.15, 0.2) is 0 Å². The lowest BCUT2D eigenvalue weighted by Crippen LogP contribution is -2.42. The topological polar surface area (TPSA) is 82.1 Å². The van der Waals surface area contributed by atoms with Crippen LogP contribution in [0.5, 0.6) is 0 Å². The molecule has 5 nitrogen and oxygen atoms in total. The van der Waals surface area contributed by atoms with Crippen molar-refractivity contribution in [2.24, 2.45) is 0 Å². The van der Waals surface area contributed by atoms with Gasteiger partial charge in [-0.25, -0.2) is 13.8 Å². The number of hydrogen-bond donors (Lipinski definition) is 3. The quantitative estimate of drug-likeness (QED) is 0.372. The van der Waals surface area contributed by atoms with Crippen LogP contribution < -0.4 is 10.3 Å². The Morgan fingerprint density at radius 2 is 2.10 bits per heavy atom. The van der Waals surface area contributed by atoms with Crippen LogP contribution in [-0.2, 0) is 10.0 Å². The van der Waals surface area contributed by atoms with Crippen molar-refractivity contribution in [2.75, 3.05) is 6.26 Å². The summed E-state index contributed by atoms with van der Waals surface area (Å²) in [5.74, 6) is 0. The SMILES string of the molecule is CC(C=N)NNS(C)(=O)=O. The van der Waals surface area contributed by atoms with Gasteiger partial charge in [-0.1, -0.05) is 0 Å². The second kappa shape index (κ2) is 3.65. The van der Waals surface area contributed by atoms with E-state index in [1.807, 2.05) is 4.83 Å². The standard InChI is InChI=1S/C4H11N3O2S/c1-4(3-5)6-7-10(2,8)9/h3-7H,1-2H3. The molecule has 0 aliphatic heterocycles. The predicted octanol–water partition coefficient (Wildman–Crippen LogP) is -0.922. The number of hydrazine groups is 1. The highest BCUT2D eigenvalue weighted by Crippen LogP contribution is 1.72. The molecular formula is C4H11N3O2S. The zero-order valence-corrected chi connectivity index (χ0v) is 6.70. The lowest BCUT2D eigenvalue weighted by Gasteiger charge is -2.06. The smallest absolute Gasteiger partial charge is 0.221 e. The van der Waals surface area contributed by atoms with Crippen molar-refractivity contribution in [2.45, 2.75) is 13.0 Å². The van der Waals surface area contributed by atoms with Crippen LogP contribution in [0.3, 0.4) is 0 Å². The molecule has 0 saturated heterocycles. The molecule has 0 aromatic rings. The highest BCUT2D eigenvalue weighted by molar-refractivity contribution is 7.88. The average molecular weight is 165 g/mol. The average Bonchev–Trinajstić information content (AvgIpc) is 1.81. The van der Waals surface area contributed by atoms with Crippen molar-refractivity contribution < 1.29 is 8.42 Å². The van der Waals surface area contributed by atoms with Crippen molar-refractivity contribution >= 4 is 16.2 Å². The highest BCUT2D eigenvalue weighted by Gasteiger charge is 2.00. The number of sulfonamides is 1. The summed E-state index contributed by atoms with van der Waals surface area (Å²) in [7, 11) is -3.19. The molecule has 0 aromatic heterocycles. The van der Waals surface area contributed by atoms with E-state index in [1.54, 1.807) is 6.92 Å². The van der Waals surface area contributed by atoms with E-state index in [4.69, 9.17) is 5.41 Å². The maximum absolute atomic E-state index is 10.4. The summed E-state index contributed by atoms with van der Waals surface area (Å²) in [5, 5.41) is 6.69. The molecule has 1 unspecified atom stereocenters. The van der Waals surface area contributed by atoms with Gasteiger partial charge in [-0.3, -0.25) is 0 Å². The first kappa shape index (κ1) is 9.54. The third-order valence-electron chi connectivity index (χ3n) is 0.722. The first-order valence-electron chi connectivity index (χ1n) is 2.68. The van der Waals surface area contributed by atoms with Gasteiger partial charge in [-0.15, -0.1) is 0 Å². The molecule has 0 aliphatic rings. The van der Waals surface area contributed by atoms with Crippen LogP contribution in [-0.4, -0.2) is 26.9 Å². The maximum Gasteiger partial charge on any atom is 0.221 e. The fraction of sp³-hybridized carbons (Fsp3) is 0.750. The van der Waals surface area contributed by atoms with E-state index in [9.17, 15) is 8.42 Å². The molecule has 1 atom stereocenters. The Morgan fingerprint density at radius 1 is 1.60 bits per heavy atom. The molecule has 0 bridgehead atoms. The molecule has 0 saturated carbocycles. The third kappa shape index (κ3) is 5.67. The molecule has 0 rings (SSSR count). The Kier molecular flexibility index (Phi) is 3.48. The molecule has 0 spiro atoms. The summed E-state index contributed by atoms with van der Waals surface area (Å²) in [4.78, 5) is 2.04. The molecule has 3 N–H and O–H groups in total. The van der Waals surface area contributed by atoms with E-state index in [0.29, 0.717) is 0 Å². The summed E-state index contributed by atoms with van der Waals surface area (Å²) in [5.41, 5.74) is 2.39. The van der Waals surface area contributed by atoms with E-state index in [-0.39, 0.29) is 6.04 Å². The van der Waals surface area contributed by atoms with E-state index < -0.39 is 10.0 Å². The summed E-state index contributed by atoms with van der Waals surface area (Å²) < 4.78 is 20.8. The first-order valence-corrected chi connectivity index (χ1v) is 4.58. The van der Waals surface area contributed by atoms with Crippen LogP contribution in [0.1, 0.15) is 6.92 Å². The molecule has 0 radical (unpaired) electrons. The predicted molar refractivity (Wildman–Crippen MR) is 39.4 cm³/mol. The minimum Gasteiger partial charge on any atom is -0.311 e. The zero-order chi connectivity index (χ0) is 8.20. The van der Waals surface area contributed by atoms with Gasteiger partial charge in [0, 0.05) is 6.21 Å². The van der Waals surface area contributed by atoms with Crippen LogP contribution in [0.15, 0.2) is 0 Å². The van der Waals surface area contributed by atoms with E-state index in [2.05, 4.69) is 5.43 Å². The maximum atomic E-state index is 10.4. The lowest BCUT2D eigenvalue weighted by molar-refractivity contribution is 0.554. The van der Waals surface area contributed by atoms with Gasteiger partial charge in [0.25, 0.3) is 0 Å². The molecule has 0 amide bonds. The zero-order valence-electron chi connectivity index (χ0n) is 5.88. The van der Waals surface area contributed by atoms with Crippen LogP contribution in [0.4, 0.5) is 0 Å². The number of nitrogens with one attached hydrogen (secondary N) is 3. The lowest BCUT2D eigenvalue weighted by atomic mass is 10.4. The minimum atomic E-state index is -3.19. The second-order valence-electron chi connectivity index (χ2n) is 1.97. The van der Waals surface area contributed by atoms with Gasteiger partial charge in [-0.2, -0.15) is 4.83 Å². The van der Waals surface area contributed by atoms with E-state index in [1.165, 1.54) is 0 Å². The number of hydrogen-bond acceptors (Lipinski definition) is 4. The van der Waals surface area contributed by atoms with Crippen molar-refractivity contribution in [3.8, 4) is 0 Å². The number of rotatable bonds is 4. The molecule has 0 aromatic carbocycles. The summed E-state index contributed by atoms with van der Waals surface area (Å²) in [6.07, 6.45) is 2.13. The molecular weight excluding hydrogens is 154 g/mol. The summed E-state index contributed by atoms with van der Waals surface area (Å²) in [6, 6.07) is -0.283.